The molecule has 1 N–H and O–H groups in total. The SMILES string of the molecule is CC1CCN(CC2CCCN(C(=O)c3cccc(NC(=O)CCCc4cccs4)c3)C2)CC1. The minimum Gasteiger partial charge on any atom is -0.338 e. The van der Waals surface area contributed by atoms with Crippen LogP contribution in [0.2, 0.25) is 0 Å². The van der Waals surface area contributed by atoms with Crippen molar-refractivity contribution in [3.8, 4) is 0 Å². The Hall–Kier alpha value is -2.18. The first kappa shape index (κ1) is 24.0. The number of benzene rings is 1. The Balaban J connectivity index is 1.27. The highest BCUT2D eigenvalue weighted by Gasteiger charge is 2.27. The molecule has 0 bridgehead atoms. The number of nitrogens with one attached hydrogen (secondary N) is 1. The molecule has 1 aromatic carbocycles. The monoisotopic (exact) mass is 467 g/mol. The molecule has 2 saturated heterocycles. The van der Waals surface area contributed by atoms with Gasteiger partial charge in [0, 0.05) is 42.2 Å². The van der Waals surface area contributed by atoms with E-state index in [9.17, 15) is 9.59 Å². The van der Waals surface area contributed by atoms with Gasteiger partial charge in [-0.3, -0.25) is 9.59 Å². The number of likely N-dealkylation sites (tertiary alicyclic amines) is 2. The number of hydrogen-bond donors (Lipinski definition) is 1. The van der Waals surface area contributed by atoms with Crippen molar-refractivity contribution >= 4 is 28.8 Å². The maximum Gasteiger partial charge on any atom is 0.253 e. The van der Waals surface area contributed by atoms with Gasteiger partial charge in [-0.15, -0.1) is 11.3 Å². The van der Waals surface area contributed by atoms with Gasteiger partial charge < -0.3 is 15.1 Å². The van der Waals surface area contributed by atoms with Gasteiger partial charge in [-0.05, 0) is 93.1 Å². The molecule has 2 fully saturated rings. The first-order chi connectivity index (χ1) is 16.1. The molecular formula is C27H37N3O2S. The van der Waals surface area contributed by atoms with Crippen molar-refractivity contribution in [2.45, 2.75) is 51.9 Å². The number of carbonyl (C=O) groups is 2. The number of hydrogen-bond acceptors (Lipinski definition) is 4. The summed E-state index contributed by atoms with van der Waals surface area (Å²) in [6.07, 6.45) is 7.11. The number of anilines is 1. The standard InChI is InChI=1S/C27H37N3O2S/c1-21-12-15-29(16-13-21)19-22-6-4-14-30(20-22)27(32)23-7-2-8-24(18-23)28-26(31)11-3-9-25-10-5-17-33-25/h2,5,7-8,10,17-18,21-22H,3-4,6,9,11-16,19-20H2,1H3,(H,28,31). The third-order valence-electron chi connectivity index (χ3n) is 7.00. The lowest BCUT2D eigenvalue weighted by molar-refractivity contribution is -0.116. The number of aryl methyl sites for hydroxylation is 1. The van der Waals surface area contributed by atoms with E-state index in [1.165, 1.54) is 37.2 Å². The molecule has 1 atom stereocenters. The molecule has 33 heavy (non-hydrogen) atoms. The van der Waals surface area contributed by atoms with Crippen molar-refractivity contribution in [1.29, 1.82) is 0 Å². The summed E-state index contributed by atoms with van der Waals surface area (Å²) in [4.78, 5) is 31.5. The average Bonchev–Trinajstić information content (AvgIpc) is 3.34. The van der Waals surface area contributed by atoms with E-state index in [-0.39, 0.29) is 11.8 Å². The molecule has 2 amide bonds. The smallest absolute Gasteiger partial charge is 0.253 e. The summed E-state index contributed by atoms with van der Waals surface area (Å²) in [5.41, 5.74) is 1.37. The van der Waals surface area contributed by atoms with Crippen molar-refractivity contribution in [3.05, 3.63) is 52.2 Å². The van der Waals surface area contributed by atoms with Gasteiger partial charge in [-0.25, -0.2) is 0 Å². The average molecular weight is 468 g/mol. The van der Waals surface area contributed by atoms with Crippen LogP contribution in [0.15, 0.2) is 41.8 Å². The molecule has 1 aromatic heterocycles. The van der Waals surface area contributed by atoms with Gasteiger partial charge in [0.15, 0.2) is 0 Å². The first-order valence-corrected chi connectivity index (χ1v) is 13.4. The summed E-state index contributed by atoms with van der Waals surface area (Å²) in [6.45, 7) is 7.51. The first-order valence-electron chi connectivity index (χ1n) is 12.5. The molecule has 2 aromatic rings. The van der Waals surface area contributed by atoms with E-state index in [0.717, 1.165) is 44.8 Å². The van der Waals surface area contributed by atoms with Crippen molar-refractivity contribution in [1.82, 2.24) is 9.80 Å². The van der Waals surface area contributed by atoms with E-state index in [4.69, 9.17) is 0 Å². The van der Waals surface area contributed by atoms with E-state index in [1.54, 1.807) is 11.3 Å². The second-order valence-electron chi connectivity index (χ2n) is 9.80. The van der Waals surface area contributed by atoms with E-state index >= 15 is 0 Å². The van der Waals surface area contributed by atoms with E-state index in [1.807, 2.05) is 35.2 Å². The molecule has 0 radical (unpaired) electrons. The number of piperidine rings is 2. The summed E-state index contributed by atoms with van der Waals surface area (Å²) in [5, 5.41) is 5.04. The number of nitrogens with zero attached hydrogens (tertiary/aromatic N) is 2. The minimum atomic E-state index is 0.00467. The third-order valence-corrected chi connectivity index (χ3v) is 7.94. The van der Waals surface area contributed by atoms with Gasteiger partial charge in [0.1, 0.15) is 0 Å². The fraction of sp³-hybridized carbons (Fsp3) is 0.556. The molecule has 1 unspecified atom stereocenters. The van der Waals surface area contributed by atoms with Crippen LogP contribution in [-0.2, 0) is 11.2 Å². The predicted molar refractivity (Wildman–Crippen MR) is 136 cm³/mol. The number of thiophene rings is 1. The van der Waals surface area contributed by atoms with Crippen LogP contribution in [0.5, 0.6) is 0 Å². The van der Waals surface area contributed by atoms with Gasteiger partial charge in [0.05, 0.1) is 0 Å². The van der Waals surface area contributed by atoms with Crippen LogP contribution in [0.4, 0.5) is 5.69 Å². The van der Waals surface area contributed by atoms with Crippen molar-refractivity contribution in [2.75, 3.05) is 38.0 Å². The maximum absolute atomic E-state index is 13.2. The Kier molecular flexibility index (Phi) is 8.57. The third kappa shape index (κ3) is 7.15. The van der Waals surface area contributed by atoms with Crippen molar-refractivity contribution < 1.29 is 9.59 Å². The van der Waals surface area contributed by atoms with Crippen molar-refractivity contribution in [3.63, 3.8) is 0 Å². The highest BCUT2D eigenvalue weighted by Crippen LogP contribution is 2.23. The molecule has 0 spiro atoms. The van der Waals surface area contributed by atoms with Gasteiger partial charge >= 0.3 is 0 Å². The summed E-state index contributed by atoms with van der Waals surface area (Å²) in [6, 6.07) is 11.6. The topological polar surface area (TPSA) is 52.6 Å². The molecule has 178 valence electrons. The predicted octanol–water partition coefficient (Wildman–Crippen LogP) is 5.29. The summed E-state index contributed by atoms with van der Waals surface area (Å²) in [5.74, 6) is 1.49. The molecular weight excluding hydrogens is 430 g/mol. The largest absolute Gasteiger partial charge is 0.338 e. The number of amides is 2. The molecule has 0 aliphatic carbocycles. The zero-order valence-electron chi connectivity index (χ0n) is 19.8. The summed E-state index contributed by atoms with van der Waals surface area (Å²) >= 11 is 1.73. The molecule has 3 heterocycles. The van der Waals surface area contributed by atoms with Crippen LogP contribution in [0.3, 0.4) is 0 Å². The quantitative estimate of drug-likeness (QED) is 0.574. The minimum absolute atomic E-state index is 0.00467. The lowest BCUT2D eigenvalue weighted by atomic mass is 9.94. The second-order valence-corrected chi connectivity index (χ2v) is 10.8. The zero-order valence-corrected chi connectivity index (χ0v) is 20.6. The number of carbonyl (C=O) groups excluding carboxylic acids is 2. The maximum atomic E-state index is 13.2. The van der Waals surface area contributed by atoms with Crippen LogP contribution < -0.4 is 5.32 Å². The Morgan fingerprint density at radius 2 is 1.94 bits per heavy atom. The Bertz CT molecular complexity index is 906. The Labute approximate surface area is 202 Å². The van der Waals surface area contributed by atoms with Gasteiger partial charge in [-0.1, -0.05) is 19.1 Å². The molecule has 0 saturated carbocycles. The Morgan fingerprint density at radius 1 is 1.09 bits per heavy atom. The highest BCUT2D eigenvalue weighted by atomic mass is 32.1. The van der Waals surface area contributed by atoms with Crippen LogP contribution in [0.1, 0.15) is 60.7 Å². The molecule has 2 aliphatic heterocycles. The molecule has 6 heteroatoms. The summed E-state index contributed by atoms with van der Waals surface area (Å²) < 4.78 is 0. The number of rotatable bonds is 8. The van der Waals surface area contributed by atoms with Crippen LogP contribution in [0, 0.1) is 11.8 Å². The normalized spacial score (nSPS) is 20.0. The van der Waals surface area contributed by atoms with Gasteiger partial charge in [0.25, 0.3) is 5.91 Å². The van der Waals surface area contributed by atoms with Crippen LogP contribution in [0.25, 0.3) is 0 Å². The van der Waals surface area contributed by atoms with Crippen molar-refractivity contribution in [2.24, 2.45) is 11.8 Å². The second kappa shape index (κ2) is 11.8. The van der Waals surface area contributed by atoms with Crippen LogP contribution >= 0.6 is 11.3 Å². The Morgan fingerprint density at radius 3 is 2.73 bits per heavy atom. The zero-order chi connectivity index (χ0) is 23.0. The highest BCUT2D eigenvalue weighted by molar-refractivity contribution is 7.09. The molecule has 5 nitrogen and oxygen atoms in total. The fourth-order valence-electron chi connectivity index (χ4n) is 5.02. The molecule has 2 aliphatic rings. The lowest BCUT2D eigenvalue weighted by Crippen LogP contribution is -2.45. The van der Waals surface area contributed by atoms with Crippen LogP contribution in [-0.4, -0.2) is 54.3 Å². The van der Waals surface area contributed by atoms with E-state index in [0.29, 0.717) is 23.6 Å². The lowest BCUT2D eigenvalue weighted by Gasteiger charge is -2.38. The summed E-state index contributed by atoms with van der Waals surface area (Å²) in [7, 11) is 0. The van der Waals surface area contributed by atoms with Gasteiger partial charge in [-0.2, -0.15) is 0 Å². The fourth-order valence-corrected chi connectivity index (χ4v) is 5.77. The molecule has 4 rings (SSSR count). The van der Waals surface area contributed by atoms with E-state index < -0.39 is 0 Å². The van der Waals surface area contributed by atoms with E-state index in [2.05, 4.69) is 28.6 Å². The van der Waals surface area contributed by atoms with Gasteiger partial charge in [0.2, 0.25) is 5.91 Å².